The molecule has 0 saturated carbocycles. The van der Waals surface area contributed by atoms with Crippen LogP contribution in [-0.4, -0.2) is 59.3 Å². The van der Waals surface area contributed by atoms with E-state index in [2.05, 4.69) is 4.98 Å². The fourth-order valence-corrected chi connectivity index (χ4v) is 4.08. The molecule has 2 N–H and O–H groups in total. The highest BCUT2D eigenvalue weighted by atomic mass is 16.7. The van der Waals surface area contributed by atoms with Gasteiger partial charge in [0.15, 0.2) is 18.1 Å². The molecule has 0 amide bonds. The average molecular weight is 525 g/mol. The highest BCUT2D eigenvalue weighted by Crippen LogP contribution is 2.39. The summed E-state index contributed by atoms with van der Waals surface area (Å²) in [5.74, 6) is 0.544. The first-order chi connectivity index (χ1) is 18.2. The molecule has 11 nitrogen and oxygen atoms in total. The predicted molar refractivity (Wildman–Crippen MR) is 136 cm³/mol. The number of carbonyl (C=O) groups is 2. The Balaban J connectivity index is 1.82. The molecule has 0 saturated heterocycles. The summed E-state index contributed by atoms with van der Waals surface area (Å²) < 4.78 is 28.9. The first-order valence-electron chi connectivity index (χ1n) is 11.7. The number of imidazole rings is 1. The summed E-state index contributed by atoms with van der Waals surface area (Å²) in [4.78, 5) is 28.1. The topological polar surface area (TPSA) is 139 Å². The molecule has 2 aromatic carbocycles. The van der Waals surface area contributed by atoms with E-state index in [4.69, 9.17) is 28.8 Å². The van der Waals surface area contributed by atoms with Crippen molar-refractivity contribution < 1.29 is 43.5 Å². The van der Waals surface area contributed by atoms with Crippen LogP contribution in [0.2, 0.25) is 0 Å². The highest BCUT2D eigenvalue weighted by molar-refractivity contribution is 5.92. The minimum absolute atomic E-state index is 0.0301. The van der Waals surface area contributed by atoms with E-state index in [1.54, 1.807) is 41.1 Å². The Kier molecular flexibility index (Phi) is 7.75. The molecular formula is C27H28N2O9. The second-order valence-corrected chi connectivity index (χ2v) is 8.72. The van der Waals surface area contributed by atoms with Crippen LogP contribution in [0.1, 0.15) is 36.8 Å². The maximum atomic E-state index is 12.4. The second kappa shape index (κ2) is 11.2. The van der Waals surface area contributed by atoms with Crippen LogP contribution in [0.4, 0.5) is 0 Å². The van der Waals surface area contributed by atoms with Gasteiger partial charge in [-0.2, -0.15) is 0 Å². The lowest BCUT2D eigenvalue weighted by molar-refractivity contribution is -0.139. The van der Waals surface area contributed by atoms with Crippen molar-refractivity contribution in [2.45, 2.75) is 26.2 Å². The molecular weight excluding hydrogens is 496 g/mol. The first kappa shape index (κ1) is 26.4. The Morgan fingerprint density at radius 1 is 1.08 bits per heavy atom. The van der Waals surface area contributed by atoms with Gasteiger partial charge in [0.05, 0.1) is 31.8 Å². The van der Waals surface area contributed by atoms with Crippen molar-refractivity contribution in [2.24, 2.45) is 0 Å². The number of hydrogen-bond donors (Lipinski definition) is 2. The van der Waals surface area contributed by atoms with E-state index >= 15 is 0 Å². The zero-order chi connectivity index (χ0) is 27.4. The molecule has 4 rings (SSSR count). The molecule has 2 heterocycles. The van der Waals surface area contributed by atoms with Gasteiger partial charge in [0.25, 0.3) is 0 Å². The summed E-state index contributed by atoms with van der Waals surface area (Å²) in [6.45, 7) is 3.41. The van der Waals surface area contributed by atoms with Gasteiger partial charge in [-0.25, -0.2) is 14.6 Å². The van der Waals surface area contributed by atoms with Gasteiger partial charge in [0, 0.05) is 35.6 Å². The monoisotopic (exact) mass is 524 g/mol. The van der Waals surface area contributed by atoms with Gasteiger partial charge in [0.2, 0.25) is 6.79 Å². The van der Waals surface area contributed by atoms with E-state index in [9.17, 15) is 14.7 Å². The van der Waals surface area contributed by atoms with Gasteiger partial charge in [0.1, 0.15) is 23.1 Å². The summed E-state index contributed by atoms with van der Waals surface area (Å²) >= 11 is 0. The summed E-state index contributed by atoms with van der Waals surface area (Å²) in [7, 11) is 2.99. The number of aliphatic carboxylic acids is 2. The van der Waals surface area contributed by atoms with Crippen LogP contribution in [-0.2, 0) is 16.0 Å². The summed E-state index contributed by atoms with van der Waals surface area (Å²) in [6, 6.07) is 8.36. The molecule has 0 bridgehead atoms. The molecule has 200 valence electrons. The normalized spacial score (nSPS) is 12.5. The SMILES string of the molecule is COc1ccc(-n2c(/C=C(\Cc3cc4c(cc3OC)OCO4)C(=O)O)cnc2C(C)C)c(OCC(=O)O)c1. The zero-order valence-electron chi connectivity index (χ0n) is 21.4. The van der Waals surface area contributed by atoms with Crippen molar-refractivity contribution in [2.75, 3.05) is 27.6 Å². The Labute approximate surface area is 218 Å². The largest absolute Gasteiger partial charge is 0.497 e. The fraction of sp³-hybridized carbons (Fsp3) is 0.296. The third-order valence-electron chi connectivity index (χ3n) is 5.85. The van der Waals surface area contributed by atoms with Gasteiger partial charge in [-0.15, -0.1) is 0 Å². The van der Waals surface area contributed by atoms with Crippen molar-refractivity contribution in [3.8, 4) is 34.4 Å². The molecule has 1 aliphatic rings. The van der Waals surface area contributed by atoms with Crippen molar-refractivity contribution >= 4 is 18.0 Å². The van der Waals surface area contributed by atoms with E-state index in [0.29, 0.717) is 45.8 Å². The second-order valence-electron chi connectivity index (χ2n) is 8.72. The van der Waals surface area contributed by atoms with Crippen LogP contribution in [0.25, 0.3) is 11.8 Å². The molecule has 0 aliphatic carbocycles. The Morgan fingerprint density at radius 3 is 2.45 bits per heavy atom. The third-order valence-corrected chi connectivity index (χ3v) is 5.85. The molecule has 1 aliphatic heterocycles. The molecule has 1 aromatic heterocycles. The molecule has 0 spiro atoms. The van der Waals surface area contributed by atoms with E-state index < -0.39 is 18.5 Å². The molecule has 38 heavy (non-hydrogen) atoms. The van der Waals surface area contributed by atoms with Gasteiger partial charge in [-0.05, 0) is 24.3 Å². The number of hydrogen-bond acceptors (Lipinski definition) is 8. The maximum Gasteiger partial charge on any atom is 0.341 e. The van der Waals surface area contributed by atoms with E-state index in [-0.39, 0.29) is 30.5 Å². The average Bonchev–Trinajstić information content (AvgIpc) is 3.52. The quantitative estimate of drug-likeness (QED) is 0.355. The number of benzene rings is 2. The number of carboxylic acid groups (broad SMARTS) is 2. The minimum atomic E-state index is -1.14. The van der Waals surface area contributed by atoms with Crippen LogP contribution in [0.5, 0.6) is 28.7 Å². The van der Waals surface area contributed by atoms with Crippen LogP contribution < -0.4 is 23.7 Å². The standard InChI is InChI=1S/C27H28N2O9/c1-15(2)26-28-12-18(29(26)20-6-5-19(34-3)10-22(20)36-13-25(30)31)8-17(27(32)33)7-16-9-23-24(38-14-37-23)11-21(16)35-4/h5-6,8-12,15H,7,13-14H2,1-4H3,(H,30,31)(H,32,33)/b17-8+. The van der Waals surface area contributed by atoms with E-state index in [0.717, 1.165) is 0 Å². The lowest BCUT2D eigenvalue weighted by atomic mass is 10.0. The van der Waals surface area contributed by atoms with Gasteiger partial charge < -0.3 is 33.9 Å². The van der Waals surface area contributed by atoms with Crippen LogP contribution in [0, 0.1) is 0 Å². The predicted octanol–water partition coefficient (Wildman–Crippen LogP) is 3.92. The fourth-order valence-electron chi connectivity index (χ4n) is 4.08. The lowest BCUT2D eigenvalue weighted by Gasteiger charge is -2.18. The van der Waals surface area contributed by atoms with Gasteiger partial charge in [-0.1, -0.05) is 13.8 Å². The Morgan fingerprint density at radius 2 is 1.82 bits per heavy atom. The molecule has 3 aromatic rings. The Hall–Kier alpha value is -4.67. The number of fused-ring (bicyclic) bond motifs is 1. The van der Waals surface area contributed by atoms with Gasteiger partial charge in [-0.3, -0.25) is 4.57 Å². The first-order valence-corrected chi connectivity index (χ1v) is 11.7. The van der Waals surface area contributed by atoms with Crippen molar-refractivity contribution in [1.82, 2.24) is 9.55 Å². The third kappa shape index (κ3) is 5.51. The number of carboxylic acids is 2. The maximum absolute atomic E-state index is 12.4. The number of methoxy groups -OCH3 is 2. The van der Waals surface area contributed by atoms with E-state index in [1.807, 2.05) is 13.8 Å². The molecule has 0 fully saturated rings. The zero-order valence-corrected chi connectivity index (χ0v) is 21.4. The molecule has 11 heteroatoms. The van der Waals surface area contributed by atoms with Crippen molar-refractivity contribution in [3.05, 3.63) is 59.2 Å². The molecule has 0 unspecified atom stereocenters. The smallest absolute Gasteiger partial charge is 0.341 e. The summed E-state index contributed by atoms with van der Waals surface area (Å²) in [5.41, 5.74) is 1.64. The number of aromatic nitrogens is 2. The summed E-state index contributed by atoms with van der Waals surface area (Å²) in [5, 5.41) is 19.3. The van der Waals surface area contributed by atoms with Crippen molar-refractivity contribution in [3.63, 3.8) is 0 Å². The Bertz CT molecular complexity index is 1390. The summed E-state index contributed by atoms with van der Waals surface area (Å²) in [6.07, 6.45) is 3.12. The van der Waals surface area contributed by atoms with E-state index in [1.165, 1.54) is 20.3 Å². The molecule has 0 radical (unpaired) electrons. The van der Waals surface area contributed by atoms with Crippen LogP contribution in [0.3, 0.4) is 0 Å². The number of ether oxygens (including phenoxy) is 5. The van der Waals surface area contributed by atoms with Crippen LogP contribution in [0.15, 0.2) is 42.1 Å². The number of rotatable bonds is 11. The minimum Gasteiger partial charge on any atom is -0.497 e. The highest BCUT2D eigenvalue weighted by Gasteiger charge is 2.23. The number of nitrogens with zero attached hydrogens (tertiary/aromatic N) is 2. The van der Waals surface area contributed by atoms with Crippen molar-refractivity contribution in [1.29, 1.82) is 0 Å². The lowest BCUT2D eigenvalue weighted by Crippen LogP contribution is -2.13. The molecule has 0 atom stereocenters. The van der Waals surface area contributed by atoms with Crippen LogP contribution >= 0.6 is 0 Å². The van der Waals surface area contributed by atoms with Gasteiger partial charge >= 0.3 is 11.9 Å².